The summed E-state index contributed by atoms with van der Waals surface area (Å²) in [6.07, 6.45) is -4.72. The van der Waals surface area contributed by atoms with E-state index in [0.29, 0.717) is 12.1 Å². The lowest BCUT2D eigenvalue weighted by molar-refractivity contribution is -0.140. The van der Waals surface area contributed by atoms with E-state index in [1.807, 2.05) is 5.32 Å². The van der Waals surface area contributed by atoms with Gasteiger partial charge in [-0.1, -0.05) is 0 Å². The van der Waals surface area contributed by atoms with Crippen LogP contribution in [-0.4, -0.2) is 12.4 Å². The largest absolute Gasteiger partial charge is 0.419 e. The highest BCUT2D eigenvalue weighted by molar-refractivity contribution is 5.95. The van der Waals surface area contributed by atoms with Crippen LogP contribution in [0.15, 0.2) is 18.2 Å². The number of hydrogen-bond donors (Lipinski definition) is 2. The molecule has 0 atom stereocenters. The number of hydrogen-bond acceptors (Lipinski definition) is 2. The molecule has 2 N–H and O–H groups in total. The van der Waals surface area contributed by atoms with Gasteiger partial charge in [0.1, 0.15) is 5.82 Å². The Hall–Kier alpha value is -2.12. The molecule has 0 bridgehead atoms. The van der Waals surface area contributed by atoms with Crippen molar-refractivity contribution in [3.63, 3.8) is 0 Å². The number of benzene rings is 1. The molecule has 0 aliphatic rings. The van der Waals surface area contributed by atoms with Crippen LogP contribution in [0.5, 0.6) is 0 Å². The van der Waals surface area contributed by atoms with Crippen LogP contribution in [0.25, 0.3) is 0 Å². The predicted octanol–water partition coefficient (Wildman–Crippen LogP) is 2.12. The molecule has 0 saturated carbocycles. The third-order valence-electron chi connectivity index (χ3n) is 1.72. The number of anilines is 1. The fraction of sp³-hybridized carbons (Fsp3) is 0.111. The first-order valence-electron chi connectivity index (χ1n) is 4.22. The Labute approximate surface area is 92.6 Å². The van der Waals surface area contributed by atoms with Gasteiger partial charge in [0, 0.05) is 5.69 Å². The van der Waals surface area contributed by atoms with Gasteiger partial charge in [0.2, 0.25) is 6.41 Å². The van der Waals surface area contributed by atoms with Crippen molar-refractivity contribution in [3.8, 4) is 0 Å². The summed E-state index contributed by atoms with van der Waals surface area (Å²) in [7, 11) is 0. The molecule has 0 aliphatic heterocycles. The second-order valence-corrected chi connectivity index (χ2v) is 2.91. The highest BCUT2D eigenvalue weighted by atomic mass is 19.4. The van der Waals surface area contributed by atoms with Crippen LogP contribution in [0, 0.1) is 5.82 Å². The second-order valence-electron chi connectivity index (χ2n) is 2.91. The van der Waals surface area contributed by atoms with Crippen molar-refractivity contribution in [1.82, 2.24) is 5.32 Å². The molecule has 0 spiro atoms. The van der Waals surface area contributed by atoms with E-state index in [-0.39, 0.29) is 12.1 Å². The molecule has 8 heteroatoms. The quantitative estimate of drug-likeness (QED) is 0.624. The van der Waals surface area contributed by atoms with Crippen molar-refractivity contribution in [2.75, 3.05) is 5.32 Å². The van der Waals surface area contributed by atoms with Crippen LogP contribution in [0.1, 0.15) is 5.56 Å². The second kappa shape index (κ2) is 4.81. The monoisotopic (exact) mass is 250 g/mol. The smallest absolute Gasteiger partial charge is 0.308 e. The molecule has 0 unspecified atom stereocenters. The van der Waals surface area contributed by atoms with Crippen molar-refractivity contribution in [2.45, 2.75) is 6.18 Å². The third kappa shape index (κ3) is 3.44. The maximum Gasteiger partial charge on any atom is 0.419 e. The minimum atomic E-state index is -4.80. The summed E-state index contributed by atoms with van der Waals surface area (Å²) in [4.78, 5) is 20.7. The summed E-state index contributed by atoms with van der Waals surface area (Å²) in [6, 6.07) is 0.897. The zero-order valence-electron chi connectivity index (χ0n) is 8.14. The average molecular weight is 250 g/mol. The molecule has 17 heavy (non-hydrogen) atoms. The van der Waals surface area contributed by atoms with Crippen LogP contribution in [0.3, 0.4) is 0 Å². The molecule has 0 saturated heterocycles. The van der Waals surface area contributed by atoms with Crippen molar-refractivity contribution >= 4 is 18.1 Å². The molecule has 0 fully saturated rings. The van der Waals surface area contributed by atoms with Gasteiger partial charge in [-0.05, 0) is 18.2 Å². The molecular weight excluding hydrogens is 244 g/mol. The lowest BCUT2D eigenvalue weighted by atomic mass is 10.2. The molecule has 92 valence electrons. The van der Waals surface area contributed by atoms with Crippen molar-refractivity contribution in [1.29, 1.82) is 0 Å². The molecule has 0 aromatic heterocycles. The first kappa shape index (κ1) is 12.9. The van der Waals surface area contributed by atoms with Gasteiger partial charge < -0.3 is 5.32 Å². The molecule has 1 aromatic carbocycles. The Morgan fingerprint density at radius 3 is 2.41 bits per heavy atom. The maximum atomic E-state index is 13.0. The van der Waals surface area contributed by atoms with Crippen LogP contribution in [0.2, 0.25) is 0 Å². The zero-order valence-corrected chi connectivity index (χ0v) is 8.14. The Morgan fingerprint density at radius 1 is 1.29 bits per heavy atom. The summed E-state index contributed by atoms with van der Waals surface area (Å²) < 4.78 is 49.6. The van der Waals surface area contributed by atoms with E-state index in [0.717, 1.165) is 6.07 Å². The number of nitrogens with one attached hydrogen (secondary N) is 2. The highest BCUT2D eigenvalue weighted by Gasteiger charge is 2.33. The van der Waals surface area contributed by atoms with Gasteiger partial charge in [0.15, 0.2) is 0 Å². The summed E-state index contributed by atoms with van der Waals surface area (Å²) in [5.41, 5.74) is -1.63. The molecule has 1 rings (SSSR count). The van der Waals surface area contributed by atoms with E-state index in [4.69, 9.17) is 0 Å². The lowest BCUT2D eigenvalue weighted by Gasteiger charge is -2.09. The van der Waals surface area contributed by atoms with Gasteiger partial charge in [-0.25, -0.2) is 9.18 Å². The van der Waals surface area contributed by atoms with E-state index in [9.17, 15) is 27.2 Å². The Bertz CT molecular complexity index is 445. The number of imide groups is 1. The van der Waals surface area contributed by atoms with Crippen molar-refractivity contribution < 1.29 is 27.2 Å². The number of halogens is 4. The molecule has 3 amide bonds. The van der Waals surface area contributed by atoms with E-state index in [1.54, 1.807) is 5.32 Å². The van der Waals surface area contributed by atoms with E-state index in [2.05, 4.69) is 0 Å². The predicted molar refractivity (Wildman–Crippen MR) is 49.6 cm³/mol. The fourth-order valence-electron chi connectivity index (χ4n) is 1.04. The minimum absolute atomic E-state index is 0.0791. The highest BCUT2D eigenvalue weighted by Crippen LogP contribution is 2.32. The summed E-state index contributed by atoms with van der Waals surface area (Å²) in [5, 5.41) is 3.66. The van der Waals surface area contributed by atoms with E-state index >= 15 is 0 Å². The normalized spacial score (nSPS) is 10.8. The number of rotatable bonds is 2. The molecule has 0 aliphatic carbocycles. The first-order chi connectivity index (χ1) is 7.84. The number of amides is 3. The average Bonchev–Trinajstić information content (AvgIpc) is 2.15. The van der Waals surface area contributed by atoms with Gasteiger partial charge in [-0.15, -0.1) is 0 Å². The van der Waals surface area contributed by atoms with Gasteiger partial charge >= 0.3 is 12.2 Å². The summed E-state index contributed by atoms with van der Waals surface area (Å²) >= 11 is 0. The van der Waals surface area contributed by atoms with Crippen molar-refractivity contribution in [3.05, 3.63) is 29.6 Å². The molecular formula is C9H6F4N2O2. The fourth-order valence-corrected chi connectivity index (χ4v) is 1.04. The Balaban J connectivity index is 2.90. The summed E-state index contributed by atoms with van der Waals surface area (Å²) in [5.74, 6) is -1.51. The minimum Gasteiger partial charge on any atom is -0.308 e. The lowest BCUT2D eigenvalue weighted by Crippen LogP contribution is -2.27. The topological polar surface area (TPSA) is 58.2 Å². The molecule has 0 radical (unpaired) electrons. The Kier molecular flexibility index (Phi) is 3.66. The standard InChI is InChI=1S/C9H6F4N2O2/c10-7-3-5(15-8(17)14-4-16)1-2-6(7)9(11,12)13/h1-4H,(H2,14,15,16,17). The molecule has 1 aromatic rings. The van der Waals surface area contributed by atoms with Gasteiger partial charge in [-0.3, -0.25) is 10.1 Å². The van der Waals surface area contributed by atoms with Crippen LogP contribution < -0.4 is 10.6 Å². The SMILES string of the molecule is O=CNC(=O)Nc1ccc(C(F)(F)F)c(F)c1. The maximum absolute atomic E-state index is 13.0. The van der Waals surface area contributed by atoms with E-state index in [1.165, 1.54) is 0 Å². The number of alkyl halides is 3. The van der Waals surface area contributed by atoms with Crippen LogP contribution in [0.4, 0.5) is 28.0 Å². The third-order valence-corrected chi connectivity index (χ3v) is 1.72. The van der Waals surface area contributed by atoms with Crippen LogP contribution in [-0.2, 0) is 11.0 Å². The van der Waals surface area contributed by atoms with Gasteiger partial charge in [0.25, 0.3) is 0 Å². The van der Waals surface area contributed by atoms with E-state index < -0.39 is 23.6 Å². The Morgan fingerprint density at radius 2 is 1.94 bits per heavy atom. The number of carbonyl (C=O) groups excluding carboxylic acids is 2. The van der Waals surface area contributed by atoms with Crippen LogP contribution >= 0.6 is 0 Å². The zero-order chi connectivity index (χ0) is 13.1. The summed E-state index contributed by atoms with van der Waals surface area (Å²) in [6.45, 7) is 0. The molecule has 4 nitrogen and oxygen atoms in total. The first-order valence-corrected chi connectivity index (χ1v) is 4.22. The van der Waals surface area contributed by atoms with Crippen molar-refractivity contribution in [2.24, 2.45) is 0 Å². The molecule has 0 heterocycles. The van der Waals surface area contributed by atoms with Gasteiger partial charge in [0.05, 0.1) is 5.56 Å². The number of urea groups is 1. The van der Waals surface area contributed by atoms with Gasteiger partial charge in [-0.2, -0.15) is 13.2 Å². The number of carbonyl (C=O) groups is 2.